The average Bonchev–Trinajstić information content (AvgIpc) is 2.89. The van der Waals surface area contributed by atoms with E-state index in [9.17, 15) is 18.0 Å². The second-order valence-electron chi connectivity index (χ2n) is 6.33. The van der Waals surface area contributed by atoms with Gasteiger partial charge in [-0.3, -0.25) is 4.79 Å². The summed E-state index contributed by atoms with van der Waals surface area (Å²) in [5.74, 6) is -0.706. The molecule has 0 aromatic carbocycles. The molecule has 0 bridgehead atoms. The van der Waals surface area contributed by atoms with Crippen molar-refractivity contribution in [2.45, 2.75) is 20.8 Å². The minimum absolute atomic E-state index is 0.214. The summed E-state index contributed by atoms with van der Waals surface area (Å²) in [6.45, 7) is 6.47. The maximum atomic E-state index is 12.9. The van der Waals surface area contributed by atoms with Crippen molar-refractivity contribution in [3.63, 3.8) is 0 Å². The normalized spacial score (nSPS) is 16.2. The van der Waals surface area contributed by atoms with Crippen LogP contribution in [0.25, 0.3) is 0 Å². The Labute approximate surface area is 154 Å². The van der Waals surface area contributed by atoms with Crippen LogP contribution in [-0.4, -0.2) is 85.7 Å². The van der Waals surface area contributed by atoms with Gasteiger partial charge in [0, 0.05) is 46.0 Å². The van der Waals surface area contributed by atoms with Gasteiger partial charge in [-0.1, -0.05) is 0 Å². The van der Waals surface area contributed by atoms with E-state index < -0.39 is 16.2 Å². The number of nitrogens with zero attached hydrogens (tertiary/aromatic N) is 3. The molecule has 1 saturated heterocycles. The molecule has 1 N–H and O–H groups in total. The number of piperazine rings is 1. The number of hydrogen-bond donors (Lipinski definition) is 1. The van der Waals surface area contributed by atoms with Crippen molar-refractivity contribution >= 4 is 22.1 Å². The molecule has 0 unspecified atom stereocenters. The van der Waals surface area contributed by atoms with Gasteiger partial charge < -0.3 is 14.6 Å². The number of nitrogens with one attached hydrogen (secondary N) is 1. The first-order valence-corrected chi connectivity index (χ1v) is 9.84. The fourth-order valence-electron chi connectivity index (χ4n) is 2.99. The lowest BCUT2D eigenvalue weighted by Gasteiger charge is -2.35. The van der Waals surface area contributed by atoms with Gasteiger partial charge in [0.15, 0.2) is 0 Å². The van der Waals surface area contributed by atoms with Crippen LogP contribution in [0.5, 0.6) is 0 Å². The maximum Gasteiger partial charge on any atom is 0.355 e. The Kier molecular flexibility index (Phi) is 6.09. The maximum absolute atomic E-state index is 12.9. The Morgan fingerprint density at radius 1 is 1.15 bits per heavy atom. The van der Waals surface area contributed by atoms with Crippen LogP contribution in [-0.2, 0) is 14.9 Å². The Bertz CT molecular complexity index is 792. The zero-order chi connectivity index (χ0) is 19.6. The van der Waals surface area contributed by atoms with Crippen LogP contribution < -0.4 is 0 Å². The molecule has 2 rings (SSSR count). The molecule has 2 heterocycles. The lowest BCUT2D eigenvalue weighted by Crippen LogP contribution is -2.53. The number of aryl methyl sites for hydroxylation is 1. The third-order valence-electron chi connectivity index (χ3n) is 4.44. The van der Waals surface area contributed by atoms with Crippen LogP contribution in [0.4, 0.5) is 0 Å². The standard InChI is InChI=1S/C16H26N4O5S/c1-6-25-16(22)14-11(2)13(12(3)17-14)15(21)19-7-9-20(10-8-19)26(23,24)18(4)5/h17H,6-10H2,1-5H3. The number of carbonyl (C=O) groups excluding carboxylic acids is 2. The van der Waals surface area contributed by atoms with E-state index in [4.69, 9.17) is 4.74 Å². The van der Waals surface area contributed by atoms with E-state index in [1.807, 2.05) is 0 Å². The minimum atomic E-state index is -3.48. The van der Waals surface area contributed by atoms with Crippen molar-refractivity contribution in [1.82, 2.24) is 18.5 Å². The average molecular weight is 386 g/mol. The first kappa shape index (κ1) is 20.4. The summed E-state index contributed by atoms with van der Waals surface area (Å²) in [4.78, 5) is 29.4. The number of carbonyl (C=O) groups is 2. The second-order valence-corrected chi connectivity index (χ2v) is 8.47. The Balaban J connectivity index is 2.16. The van der Waals surface area contributed by atoms with Gasteiger partial charge in [-0.05, 0) is 26.3 Å². The summed E-state index contributed by atoms with van der Waals surface area (Å²) in [6, 6.07) is 0. The Hall–Kier alpha value is -1.91. The minimum Gasteiger partial charge on any atom is -0.461 e. The van der Waals surface area contributed by atoms with Gasteiger partial charge in [0.25, 0.3) is 16.1 Å². The quantitative estimate of drug-likeness (QED) is 0.737. The van der Waals surface area contributed by atoms with Gasteiger partial charge >= 0.3 is 5.97 Å². The van der Waals surface area contributed by atoms with Gasteiger partial charge in [0.2, 0.25) is 0 Å². The van der Waals surface area contributed by atoms with Gasteiger partial charge in [-0.25, -0.2) is 4.79 Å². The van der Waals surface area contributed by atoms with Crippen LogP contribution >= 0.6 is 0 Å². The molecule has 1 amide bonds. The van der Waals surface area contributed by atoms with Crippen molar-refractivity contribution in [2.75, 3.05) is 46.9 Å². The third-order valence-corrected chi connectivity index (χ3v) is 6.39. The van der Waals surface area contributed by atoms with Gasteiger partial charge in [-0.15, -0.1) is 0 Å². The molecule has 0 spiro atoms. The van der Waals surface area contributed by atoms with Crippen LogP contribution in [0, 0.1) is 13.8 Å². The first-order valence-electron chi connectivity index (χ1n) is 8.44. The molecule has 1 aromatic heterocycles. The third kappa shape index (κ3) is 3.76. The number of ether oxygens (including phenoxy) is 1. The summed E-state index contributed by atoms with van der Waals surface area (Å²) in [5.41, 5.74) is 1.87. The fourth-order valence-corrected chi connectivity index (χ4v) is 4.08. The monoisotopic (exact) mass is 386 g/mol. The number of hydrogen-bond acceptors (Lipinski definition) is 5. The highest BCUT2D eigenvalue weighted by Crippen LogP contribution is 2.22. The molecular formula is C16H26N4O5S. The number of H-pyrrole nitrogens is 1. The zero-order valence-corrected chi connectivity index (χ0v) is 16.6. The summed E-state index contributed by atoms with van der Waals surface area (Å²) in [7, 11) is -0.517. The molecule has 1 aliphatic heterocycles. The van der Waals surface area contributed by atoms with Crippen molar-refractivity contribution in [3.8, 4) is 0 Å². The van der Waals surface area contributed by atoms with Crippen LogP contribution in [0.1, 0.15) is 39.0 Å². The molecule has 146 valence electrons. The van der Waals surface area contributed by atoms with E-state index in [0.717, 1.165) is 4.31 Å². The molecular weight excluding hydrogens is 360 g/mol. The predicted molar refractivity (Wildman–Crippen MR) is 96.3 cm³/mol. The van der Waals surface area contributed by atoms with E-state index in [1.54, 1.807) is 25.7 Å². The van der Waals surface area contributed by atoms with E-state index >= 15 is 0 Å². The van der Waals surface area contributed by atoms with Crippen molar-refractivity contribution < 1.29 is 22.7 Å². The van der Waals surface area contributed by atoms with Crippen molar-refractivity contribution in [3.05, 3.63) is 22.5 Å². The molecule has 1 aromatic rings. The summed E-state index contributed by atoms with van der Waals surface area (Å²) in [5, 5.41) is 0. The second kappa shape index (κ2) is 7.77. The van der Waals surface area contributed by atoms with E-state index in [0.29, 0.717) is 29.9 Å². The highest BCUT2D eigenvalue weighted by Gasteiger charge is 2.32. The van der Waals surface area contributed by atoms with Crippen molar-refractivity contribution in [2.24, 2.45) is 0 Å². The Morgan fingerprint density at radius 3 is 2.23 bits per heavy atom. The molecule has 26 heavy (non-hydrogen) atoms. The molecule has 9 nitrogen and oxygen atoms in total. The van der Waals surface area contributed by atoms with Crippen LogP contribution in [0.15, 0.2) is 0 Å². The number of rotatable bonds is 5. The highest BCUT2D eigenvalue weighted by atomic mass is 32.2. The summed E-state index contributed by atoms with van der Waals surface area (Å²) >= 11 is 0. The number of esters is 1. The summed E-state index contributed by atoms with van der Waals surface area (Å²) < 4.78 is 31.9. The van der Waals surface area contributed by atoms with Crippen LogP contribution in [0.2, 0.25) is 0 Å². The van der Waals surface area contributed by atoms with E-state index in [2.05, 4.69) is 4.98 Å². The first-order chi connectivity index (χ1) is 12.1. The summed E-state index contributed by atoms with van der Waals surface area (Å²) in [6.07, 6.45) is 0. The molecule has 0 atom stereocenters. The Morgan fingerprint density at radius 2 is 1.73 bits per heavy atom. The van der Waals surface area contributed by atoms with Crippen molar-refractivity contribution in [1.29, 1.82) is 0 Å². The highest BCUT2D eigenvalue weighted by molar-refractivity contribution is 7.86. The largest absolute Gasteiger partial charge is 0.461 e. The van der Waals surface area contributed by atoms with Gasteiger partial charge in [-0.2, -0.15) is 17.0 Å². The molecule has 0 radical (unpaired) electrons. The fraction of sp³-hybridized carbons (Fsp3) is 0.625. The topological polar surface area (TPSA) is 103 Å². The van der Waals surface area contributed by atoms with E-state index in [-0.39, 0.29) is 31.3 Å². The smallest absolute Gasteiger partial charge is 0.355 e. The zero-order valence-electron chi connectivity index (χ0n) is 15.8. The predicted octanol–water partition coefficient (Wildman–Crippen LogP) is 0.372. The molecule has 10 heteroatoms. The van der Waals surface area contributed by atoms with Gasteiger partial charge in [0.05, 0.1) is 12.2 Å². The lowest BCUT2D eigenvalue weighted by atomic mass is 10.1. The molecule has 1 fully saturated rings. The van der Waals surface area contributed by atoms with E-state index in [1.165, 1.54) is 18.4 Å². The molecule has 1 aliphatic rings. The number of aromatic nitrogens is 1. The number of amides is 1. The SMILES string of the molecule is CCOC(=O)c1[nH]c(C)c(C(=O)N2CCN(S(=O)(=O)N(C)C)CC2)c1C. The lowest BCUT2D eigenvalue weighted by molar-refractivity contribution is 0.0519. The van der Waals surface area contributed by atoms with Gasteiger partial charge in [0.1, 0.15) is 5.69 Å². The number of aromatic amines is 1. The molecule has 0 saturated carbocycles. The molecule has 0 aliphatic carbocycles. The van der Waals surface area contributed by atoms with Crippen LogP contribution in [0.3, 0.4) is 0 Å².